The minimum absolute atomic E-state index is 0.222. The highest BCUT2D eigenvalue weighted by Gasteiger charge is 2.20. The van der Waals surface area contributed by atoms with Gasteiger partial charge in [-0.3, -0.25) is 14.0 Å². The molecule has 0 amide bonds. The number of oxime groups is 1. The van der Waals surface area contributed by atoms with Crippen LogP contribution in [0.5, 0.6) is 0 Å². The lowest BCUT2D eigenvalue weighted by atomic mass is 10.0. The first kappa shape index (κ1) is 17.5. The number of aromatic amines is 2. The van der Waals surface area contributed by atoms with Crippen LogP contribution in [0.2, 0.25) is 0 Å². The Bertz CT molecular complexity index is 1120. The number of fused-ring (bicyclic) bond motifs is 1. The third-order valence-electron chi connectivity index (χ3n) is 4.88. The van der Waals surface area contributed by atoms with E-state index in [4.69, 9.17) is 4.84 Å². The number of aryl methyl sites for hydroxylation is 1. The minimum Gasteiger partial charge on any atom is -0.399 e. The van der Waals surface area contributed by atoms with E-state index in [0.717, 1.165) is 58.9 Å². The Hall–Kier alpha value is -2.87. The fourth-order valence-corrected chi connectivity index (χ4v) is 4.53. The Balaban J connectivity index is 1.72. The van der Waals surface area contributed by atoms with Gasteiger partial charge in [-0.1, -0.05) is 35.7 Å². The molecule has 3 heterocycles. The first-order valence-electron chi connectivity index (χ1n) is 8.83. The fraction of sp³-hybridized carbons (Fsp3) is 0.316. The van der Waals surface area contributed by atoms with Gasteiger partial charge in [-0.05, 0) is 29.7 Å². The van der Waals surface area contributed by atoms with Crippen LogP contribution in [0.4, 0.5) is 5.69 Å². The predicted molar refractivity (Wildman–Crippen MR) is 109 cm³/mol. The van der Waals surface area contributed by atoms with Crippen molar-refractivity contribution in [2.24, 2.45) is 5.16 Å². The molecule has 0 atom stereocenters. The molecule has 0 aliphatic carbocycles. The lowest BCUT2D eigenvalue weighted by molar-refractivity contribution is 0.212. The van der Waals surface area contributed by atoms with Gasteiger partial charge in [0.1, 0.15) is 12.5 Å². The molecule has 1 aliphatic rings. The van der Waals surface area contributed by atoms with Crippen LogP contribution in [0.15, 0.2) is 39.0 Å². The number of rotatable bonds is 4. The van der Waals surface area contributed by atoms with Crippen LogP contribution >= 0.6 is 11.5 Å². The van der Waals surface area contributed by atoms with E-state index >= 15 is 0 Å². The molecule has 0 saturated carbocycles. The van der Waals surface area contributed by atoms with E-state index in [1.165, 1.54) is 11.5 Å². The molecule has 4 rings (SSSR count). The summed E-state index contributed by atoms with van der Waals surface area (Å²) in [5.41, 5.74) is 4.16. The van der Waals surface area contributed by atoms with Crippen LogP contribution in [0.25, 0.3) is 21.3 Å². The van der Waals surface area contributed by atoms with Crippen molar-refractivity contribution in [3.63, 3.8) is 0 Å². The second-order valence-electron chi connectivity index (χ2n) is 6.46. The maximum Gasteiger partial charge on any atom is 0.271 e. The van der Waals surface area contributed by atoms with E-state index < -0.39 is 0 Å². The molecule has 1 aromatic carbocycles. The number of nitrogens with one attached hydrogen (secondary N) is 2. The molecule has 0 spiro atoms. The van der Waals surface area contributed by atoms with Gasteiger partial charge < -0.3 is 14.7 Å². The molecule has 3 aromatic rings. The Morgan fingerprint density at radius 3 is 2.70 bits per heavy atom. The monoisotopic (exact) mass is 384 g/mol. The van der Waals surface area contributed by atoms with Gasteiger partial charge in [-0.2, -0.15) is 0 Å². The highest BCUT2D eigenvalue weighted by molar-refractivity contribution is 7.13. The normalized spacial score (nSPS) is 15.8. The van der Waals surface area contributed by atoms with Gasteiger partial charge >= 0.3 is 0 Å². The second kappa shape index (κ2) is 7.03. The smallest absolute Gasteiger partial charge is 0.271 e. The minimum atomic E-state index is -0.344. The molecule has 8 heteroatoms. The number of nitrogens with zero attached hydrogens (tertiary/aromatic N) is 2. The van der Waals surface area contributed by atoms with Crippen molar-refractivity contribution in [2.45, 2.75) is 19.8 Å². The van der Waals surface area contributed by atoms with E-state index in [1.54, 1.807) is 7.11 Å². The summed E-state index contributed by atoms with van der Waals surface area (Å²) in [6.07, 6.45) is 1.62. The number of anilines is 1. The quantitative estimate of drug-likeness (QED) is 0.677. The van der Waals surface area contributed by atoms with Crippen molar-refractivity contribution in [2.75, 3.05) is 25.1 Å². The summed E-state index contributed by atoms with van der Waals surface area (Å²) < 4.78 is 3.41. The molecule has 1 saturated heterocycles. The molecule has 0 radical (unpaired) electrons. The van der Waals surface area contributed by atoms with E-state index in [1.807, 2.05) is 31.2 Å². The van der Waals surface area contributed by atoms with Gasteiger partial charge in [0, 0.05) is 18.7 Å². The second-order valence-corrected chi connectivity index (χ2v) is 7.27. The molecule has 2 aromatic heterocycles. The summed E-state index contributed by atoms with van der Waals surface area (Å²) in [6.45, 7) is 3.69. The summed E-state index contributed by atoms with van der Waals surface area (Å²) in [4.78, 5) is 34.3. The number of aromatic nitrogens is 2. The number of pyridine rings is 1. The number of hydrogen-bond donors (Lipinski definition) is 2. The fourth-order valence-electron chi connectivity index (χ4n) is 3.58. The molecule has 7 nitrogen and oxygen atoms in total. The van der Waals surface area contributed by atoms with Crippen LogP contribution in [0.1, 0.15) is 18.9 Å². The molecule has 140 valence electrons. The largest absolute Gasteiger partial charge is 0.399 e. The van der Waals surface area contributed by atoms with Crippen LogP contribution in [0.3, 0.4) is 0 Å². The zero-order chi connectivity index (χ0) is 19.0. The van der Waals surface area contributed by atoms with Crippen molar-refractivity contribution in [1.82, 2.24) is 9.36 Å². The zero-order valence-electron chi connectivity index (χ0n) is 15.2. The van der Waals surface area contributed by atoms with Crippen LogP contribution < -0.4 is 16.0 Å². The first-order valence-corrected chi connectivity index (χ1v) is 9.64. The highest BCUT2D eigenvalue weighted by atomic mass is 32.1. The van der Waals surface area contributed by atoms with Gasteiger partial charge in [0.2, 0.25) is 0 Å². The van der Waals surface area contributed by atoms with Crippen molar-refractivity contribution < 1.29 is 4.84 Å². The Labute approximate surface area is 159 Å². The number of benzene rings is 1. The van der Waals surface area contributed by atoms with Gasteiger partial charge in [0.05, 0.1) is 22.7 Å². The van der Waals surface area contributed by atoms with Crippen LogP contribution in [-0.2, 0) is 11.3 Å². The molecule has 0 bridgehead atoms. The lowest BCUT2D eigenvalue weighted by Gasteiger charge is -2.17. The summed E-state index contributed by atoms with van der Waals surface area (Å²) in [7, 11) is 1.56. The average molecular weight is 384 g/mol. The lowest BCUT2D eigenvalue weighted by Crippen LogP contribution is -2.19. The van der Waals surface area contributed by atoms with E-state index in [0.29, 0.717) is 0 Å². The van der Waals surface area contributed by atoms with Crippen molar-refractivity contribution in [3.8, 4) is 11.3 Å². The Morgan fingerprint density at radius 1 is 1.22 bits per heavy atom. The van der Waals surface area contributed by atoms with Crippen molar-refractivity contribution in [1.29, 1.82) is 0 Å². The average Bonchev–Trinajstić information content (AvgIpc) is 3.30. The molecule has 27 heavy (non-hydrogen) atoms. The highest BCUT2D eigenvalue weighted by Crippen LogP contribution is 2.29. The number of hydrogen-bond acceptors (Lipinski definition) is 6. The van der Waals surface area contributed by atoms with Gasteiger partial charge in [-0.15, -0.1) is 0 Å². The summed E-state index contributed by atoms with van der Waals surface area (Å²) >= 11 is 1.23. The summed E-state index contributed by atoms with van der Waals surface area (Å²) in [5.74, 6) is 0. The van der Waals surface area contributed by atoms with Gasteiger partial charge in [0.25, 0.3) is 11.1 Å². The molecule has 0 unspecified atom stereocenters. The summed E-state index contributed by atoms with van der Waals surface area (Å²) in [6, 6.07) is 8.11. The Morgan fingerprint density at radius 2 is 2.00 bits per heavy atom. The third-order valence-corrected chi connectivity index (χ3v) is 5.82. The number of H-pyrrole nitrogens is 2. The predicted octanol–water partition coefficient (Wildman–Crippen LogP) is 2.72. The first-order chi connectivity index (χ1) is 13.1. The van der Waals surface area contributed by atoms with Gasteiger partial charge in [-0.25, -0.2) is 0 Å². The SMILES string of the molecule is CCc1c(-c2ccc(N3CC/C(=N/OC)C3)cc2)[nH]c(=O)c2c(=O)[nH]sc12. The third kappa shape index (κ3) is 3.06. The molecule has 1 fully saturated rings. The Kier molecular flexibility index (Phi) is 4.57. The molecule has 1 aliphatic heterocycles. The van der Waals surface area contributed by atoms with E-state index in [-0.39, 0.29) is 16.5 Å². The van der Waals surface area contributed by atoms with Crippen LogP contribution in [0, 0.1) is 0 Å². The van der Waals surface area contributed by atoms with E-state index in [9.17, 15) is 9.59 Å². The van der Waals surface area contributed by atoms with Crippen molar-refractivity contribution in [3.05, 3.63) is 50.5 Å². The summed E-state index contributed by atoms with van der Waals surface area (Å²) in [5, 5.41) is 4.26. The van der Waals surface area contributed by atoms with E-state index in [2.05, 4.69) is 19.4 Å². The topological polar surface area (TPSA) is 90.5 Å². The molecular formula is C19H20N4O3S. The molecular weight excluding hydrogens is 364 g/mol. The maximum atomic E-state index is 12.4. The van der Waals surface area contributed by atoms with Crippen molar-refractivity contribution >= 4 is 33.0 Å². The van der Waals surface area contributed by atoms with Crippen LogP contribution in [-0.4, -0.2) is 35.3 Å². The molecule has 2 N–H and O–H groups in total. The standard InChI is InChI=1S/C19H20N4O3S/c1-3-14-16(20-18(24)15-17(14)27-22-19(15)25)11-4-6-13(7-5-11)23-9-8-12(10-23)21-26-2/h4-7H,3,8-10H2,1-2H3,(H,20,24)(H,22,25)/b21-12-. The zero-order valence-corrected chi connectivity index (χ0v) is 16.0. The maximum absolute atomic E-state index is 12.4. The van der Waals surface area contributed by atoms with Gasteiger partial charge in [0.15, 0.2) is 0 Å².